The summed E-state index contributed by atoms with van der Waals surface area (Å²) in [6.07, 6.45) is 0. The van der Waals surface area contributed by atoms with Crippen molar-refractivity contribution in [2.45, 2.75) is 55.4 Å². The summed E-state index contributed by atoms with van der Waals surface area (Å²) in [5.41, 5.74) is 11.9. The number of rotatable bonds is 4. The normalized spacial score (nSPS) is 10.9. The second kappa shape index (κ2) is 10.3. The molecule has 0 aliphatic rings. The van der Waals surface area contributed by atoms with Crippen LogP contribution in [-0.4, -0.2) is 23.7 Å². The molecule has 34 heavy (non-hydrogen) atoms. The van der Waals surface area contributed by atoms with Crippen LogP contribution in [-0.2, 0) is 0 Å². The van der Waals surface area contributed by atoms with Gasteiger partial charge < -0.3 is 0 Å². The molecule has 0 bridgehead atoms. The molecule has 0 unspecified atom stereocenters. The van der Waals surface area contributed by atoms with Crippen molar-refractivity contribution in [1.82, 2.24) is 0 Å². The van der Waals surface area contributed by atoms with Crippen molar-refractivity contribution in [3.63, 3.8) is 0 Å². The predicted octanol–water partition coefficient (Wildman–Crippen LogP) is 5.15. The van der Waals surface area contributed by atoms with Crippen molar-refractivity contribution in [2.24, 2.45) is 0 Å². The molecule has 0 fully saturated rings. The van der Waals surface area contributed by atoms with Gasteiger partial charge in [-0.1, -0.05) is 0 Å². The molecular weight excluding hydrogens is 530 g/mol. The van der Waals surface area contributed by atoms with Crippen LogP contribution in [0.1, 0.15) is 44.5 Å². The zero-order valence-corrected chi connectivity index (χ0v) is 26.1. The van der Waals surface area contributed by atoms with Gasteiger partial charge in [0.25, 0.3) is 0 Å². The first-order chi connectivity index (χ1) is 16.2. The first-order valence-corrected chi connectivity index (χ1v) is 22.9. The Bertz CT molecular complexity index is 1130. The van der Waals surface area contributed by atoms with Crippen molar-refractivity contribution < 1.29 is 0 Å². The number of aryl methyl sites for hydroxylation is 8. The van der Waals surface area contributed by atoms with Gasteiger partial charge in [-0.15, -0.1) is 0 Å². The molecule has 0 saturated carbocycles. The SMILES string of the molecule is Cc1cccc(C)[c]1[Ge]([c]1c(C)cccc1C)=[Ge]([c]1c(C)cccc1C)[c]1c(C)cccc1C. The molecule has 4 aromatic carbocycles. The summed E-state index contributed by atoms with van der Waals surface area (Å²) in [4.78, 5) is 0. The van der Waals surface area contributed by atoms with Gasteiger partial charge in [0.05, 0.1) is 0 Å². The van der Waals surface area contributed by atoms with Gasteiger partial charge in [0.2, 0.25) is 0 Å². The van der Waals surface area contributed by atoms with E-state index in [1.807, 2.05) is 0 Å². The number of benzene rings is 4. The van der Waals surface area contributed by atoms with Crippen molar-refractivity contribution in [3.8, 4) is 0 Å². The Morgan fingerprint density at radius 1 is 0.294 bits per heavy atom. The van der Waals surface area contributed by atoms with Crippen LogP contribution in [0.2, 0.25) is 0 Å². The maximum absolute atomic E-state index is 2.36. The quantitative estimate of drug-likeness (QED) is 0.300. The first kappa shape index (κ1) is 25.1. The Kier molecular flexibility index (Phi) is 7.59. The van der Waals surface area contributed by atoms with Crippen molar-refractivity contribution in [1.29, 1.82) is 0 Å². The zero-order chi connectivity index (χ0) is 24.6. The summed E-state index contributed by atoms with van der Waals surface area (Å²) < 4.78 is 6.83. The van der Waals surface area contributed by atoms with E-state index in [1.54, 1.807) is 17.6 Å². The zero-order valence-electron chi connectivity index (χ0n) is 21.9. The number of hydrogen-bond donors (Lipinski definition) is 0. The Balaban J connectivity index is 2.37. The van der Waals surface area contributed by atoms with Crippen LogP contribution in [0.4, 0.5) is 0 Å². The van der Waals surface area contributed by atoms with E-state index >= 15 is 0 Å². The van der Waals surface area contributed by atoms with Gasteiger partial charge in [0, 0.05) is 0 Å². The molecular formula is C32H36Ge2. The van der Waals surface area contributed by atoms with E-state index in [4.69, 9.17) is 0 Å². The predicted molar refractivity (Wildman–Crippen MR) is 154 cm³/mol. The monoisotopic (exact) mass is 568 g/mol. The molecule has 0 N–H and O–H groups in total. The Hall–Kier alpha value is -2.03. The Morgan fingerprint density at radius 2 is 0.441 bits per heavy atom. The standard InChI is InChI=1S/C32H36Ge2/c1-21-13-9-14-22(2)29(21)33(30-23(3)15-10-16-24(30)4)34(31-25(5)17-11-18-26(31)6)32-27(7)19-12-20-28(32)8/h9-20H,1-8H3. The fourth-order valence-corrected chi connectivity index (χ4v) is 44.8. The van der Waals surface area contributed by atoms with E-state index in [-0.39, 0.29) is 0 Å². The van der Waals surface area contributed by atoms with Gasteiger partial charge in [0.15, 0.2) is 0 Å². The molecule has 0 atom stereocenters. The van der Waals surface area contributed by atoms with Crippen LogP contribution in [0.15, 0.2) is 72.8 Å². The number of hydrogen-bond acceptors (Lipinski definition) is 0. The molecule has 0 spiro atoms. The topological polar surface area (TPSA) is 0 Å². The van der Waals surface area contributed by atoms with Crippen molar-refractivity contribution >= 4 is 41.3 Å². The summed E-state index contributed by atoms with van der Waals surface area (Å²) in [7, 11) is 0. The second-order valence-corrected chi connectivity index (χ2v) is 28.1. The third-order valence-corrected chi connectivity index (χ3v) is 35.4. The molecule has 2 heteroatoms. The first-order valence-electron chi connectivity index (χ1n) is 12.2. The van der Waals surface area contributed by atoms with Gasteiger partial charge in [-0.25, -0.2) is 0 Å². The van der Waals surface area contributed by atoms with Gasteiger partial charge in [-0.2, -0.15) is 0 Å². The Labute approximate surface area is 213 Å². The molecule has 0 saturated heterocycles. The van der Waals surface area contributed by atoms with E-state index in [2.05, 4.69) is 128 Å². The van der Waals surface area contributed by atoms with Crippen LogP contribution < -0.4 is 17.6 Å². The molecule has 0 aromatic heterocycles. The minimum absolute atomic E-state index is 1.49. The van der Waals surface area contributed by atoms with Gasteiger partial charge in [-0.3, -0.25) is 0 Å². The maximum atomic E-state index is 2.36. The molecule has 0 aliphatic carbocycles. The second-order valence-electron chi connectivity index (χ2n) is 9.82. The van der Waals surface area contributed by atoms with Crippen LogP contribution in [0.5, 0.6) is 0 Å². The van der Waals surface area contributed by atoms with Crippen LogP contribution in [0.25, 0.3) is 0 Å². The summed E-state index contributed by atoms with van der Waals surface area (Å²) in [5, 5.41) is 0. The molecule has 0 heterocycles. The van der Waals surface area contributed by atoms with E-state index in [1.165, 1.54) is 44.5 Å². The fourth-order valence-electron chi connectivity index (χ4n) is 5.59. The fraction of sp³-hybridized carbons (Fsp3) is 0.250. The molecule has 0 aliphatic heterocycles. The minimum atomic E-state index is -2.02. The molecule has 4 aromatic rings. The Morgan fingerprint density at radius 3 is 0.588 bits per heavy atom. The van der Waals surface area contributed by atoms with E-state index in [0.717, 1.165) is 0 Å². The van der Waals surface area contributed by atoms with Crippen molar-refractivity contribution in [3.05, 3.63) is 117 Å². The van der Waals surface area contributed by atoms with E-state index in [0.29, 0.717) is 0 Å². The summed E-state index contributed by atoms with van der Waals surface area (Å²) in [6.45, 7) is 18.8. The van der Waals surface area contributed by atoms with Gasteiger partial charge in [0.1, 0.15) is 0 Å². The summed E-state index contributed by atoms with van der Waals surface area (Å²) >= 11 is -4.05. The van der Waals surface area contributed by atoms with Crippen LogP contribution in [0.3, 0.4) is 0 Å². The van der Waals surface area contributed by atoms with E-state index in [9.17, 15) is 0 Å². The molecule has 0 amide bonds. The van der Waals surface area contributed by atoms with E-state index < -0.39 is 23.7 Å². The molecule has 0 radical (unpaired) electrons. The van der Waals surface area contributed by atoms with Crippen molar-refractivity contribution in [2.75, 3.05) is 0 Å². The van der Waals surface area contributed by atoms with Gasteiger partial charge >= 0.3 is 214 Å². The summed E-state index contributed by atoms with van der Waals surface area (Å²) in [6, 6.07) is 27.8. The third kappa shape index (κ3) is 4.60. The van der Waals surface area contributed by atoms with Crippen LogP contribution in [0, 0.1) is 55.4 Å². The van der Waals surface area contributed by atoms with Crippen LogP contribution >= 0.6 is 0 Å². The average Bonchev–Trinajstić information content (AvgIpc) is 2.76. The molecule has 4 rings (SSSR count). The molecule has 172 valence electrons. The third-order valence-electron chi connectivity index (χ3n) is 7.17. The summed E-state index contributed by atoms with van der Waals surface area (Å²) in [5.74, 6) is 0. The average molecular weight is 566 g/mol. The van der Waals surface area contributed by atoms with Gasteiger partial charge in [-0.05, 0) is 0 Å². The molecule has 0 nitrogen and oxygen atoms in total.